The van der Waals surface area contributed by atoms with E-state index in [9.17, 15) is 4.79 Å². The van der Waals surface area contributed by atoms with Gasteiger partial charge < -0.3 is 9.88 Å². The molecule has 158 valence electrons. The molecule has 31 heavy (non-hydrogen) atoms. The highest BCUT2D eigenvalue weighted by molar-refractivity contribution is 7.19. The molecule has 8 nitrogen and oxygen atoms in total. The highest BCUT2D eigenvalue weighted by Gasteiger charge is 2.30. The maximum atomic E-state index is 12.4. The number of nitrogens with zero attached hydrogens (tertiary/aromatic N) is 6. The molecule has 0 atom stereocenters. The smallest absolute Gasteiger partial charge is 0.246 e. The van der Waals surface area contributed by atoms with E-state index in [4.69, 9.17) is 10.1 Å². The molecule has 0 aromatic carbocycles. The number of hydrogen-bond donors (Lipinski definition) is 1. The predicted octanol–water partition coefficient (Wildman–Crippen LogP) is 3.89. The van der Waals surface area contributed by atoms with Crippen molar-refractivity contribution in [3.63, 3.8) is 0 Å². The van der Waals surface area contributed by atoms with Gasteiger partial charge in [0.15, 0.2) is 5.13 Å². The van der Waals surface area contributed by atoms with Crippen molar-refractivity contribution in [2.24, 2.45) is 0 Å². The number of amides is 1. The van der Waals surface area contributed by atoms with E-state index in [0.717, 1.165) is 46.1 Å². The van der Waals surface area contributed by atoms with Gasteiger partial charge >= 0.3 is 0 Å². The van der Waals surface area contributed by atoms with Gasteiger partial charge in [0.1, 0.15) is 6.54 Å². The zero-order valence-electron chi connectivity index (χ0n) is 17.7. The number of pyridine rings is 1. The molecule has 5 rings (SSSR count). The summed E-state index contributed by atoms with van der Waals surface area (Å²) in [6, 6.07) is 4.30. The van der Waals surface area contributed by atoms with Gasteiger partial charge in [0, 0.05) is 41.5 Å². The van der Waals surface area contributed by atoms with Crippen LogP contribution in [-0.4, -0.2) is 35.2 Å². The highest BCUT2D eigenvalue weighted by Crippen LogP contribution is 2.44. The second-order valence-corrected chi connectivity index (χ2v) is 8.98. The maximum Gasteiger partial charge on any atom is 0.246 e. The first kappa shape index (κ1) is 19.6. The van der Waals surface area contributed by atoms with Gasteiger partial charge in [-0.3, -0.25) is 14.5 Å². The monoisotopic (exact) mass is 433 g/mol. The average molecular weight is 434 g/mol. The largest absolute Gasteiger partial charge is 0.328 e. The molecule has 0 saturated carbocycles. The Labute approximate surface area is 184 Å². The second-order valence-electron chi connectivity index (χ2n) is 7.98. The number of hydrogen-bond acceptors (Lipinski definition) is 6. The van der Waals surface area contributed by atoms with Crippen LogP contribution < -0.4 is 5.32 Å². The van der Waals surface area contributed by atoms with Crippen LogP contribution in [0.15, 0.2) is 37.1 Å². The van der Waals surface area contributed by atoms with Crippen molar-refractivity contribution in [1.82, 2.24) is 29.3 Å². The molecule has 0 aliphatic heterocycles. The summed E-state index contributed by atoms with van der Waals surface area (Å²) in [5, 5.41) is 8.53. The lowest BCUT2D eigenvalue weighted by molar-refractivity contribution is -0.116. The van der Waals surface area contributed by atoms with E-state index < -0.39 is 0 Å². The van der Waals surface area contributed by atoms with Crippen LogP contribution in [0.2, 0.25) is 0 Å². The second kappa shape index (κ2) is 7.73. The third kappa shape index (κ3) is 3.65. The number of imidazole rings is 1. The normalized spacial score (nSPS) is 12.6. The van der Waals surface area contributed by atoms with Gasteiger partial charge in [-0.25, -0.2) is 9.97 Å². The van der Waals surface area contributed by atoms with Gasteiger partial charge in [-0.15, -0.1) is 0 Å². The summed E-state index contributed by atoms with van der Waals surface area (Å²) in [7, 11) is 0. The van der Waals surface area contributed by atoms with E-state index in [-0.39, 0.29) is 18.5 Å². The number of carbonyl (C=O) groups excluding carboxylic acids is 1. The number of aryl methyl sites for hydroxylation is 2. The molecule has 0 unspecified atom stereocenters. The third-order valence-corrected chi connectivity index (χ3v) is 6.36. The van der Waals surface area contributed by atoms with Crippen molar-refractivity contribution in [3.05, 3.63) is 54.0 Å². The van der Waals surface area contributed by atoms with Crippen LogP contribution in [0.1, 0.15) is 36.8 Å². The zero-order valence-corrected chi connectivity index (χ0v) is 18.5. The molecule has 0 saturated heterocycles. The van der Waals surface area contributed by atoms with Crippen molar-refractivity contribution in [1.29, 1.82) is 0 Å². The quantitative estimate of drug-likeness (QED) is 0.516. The molecule has 4 aromatic rings. The Balaban J connectivity index is 1.51. The van der Waals surface area contributed by atoms with Crippen LogP contribution in [-0.2, 0) is 24.2 Å². The molecule has 0 bridgehead atoms. The fourth-order valence-corrected chi connectivity index (χ4v) is 4.96. The van der Waals surface area contributed by atoms with Crippen LogP contribution in [0.25, 0.3) is 21.8 Å². The van der Waals surface area contributed by atoms with Crippen molar-refractivity contribution in [3.8, 4) is 21.8 Å². The number of thiazole rings is 1. The predicted molar refractivity (Wildman–Crippen MR) is 120 cm³/mol. The lowest BCUT2D eigenvalue weighted by Gasteiger charge is -2.15. The fraction of sp³-hybridized carbons (Fsp3) is 0.318. The Morgan fingerprint density at radius 3 is 2.87 bits per heavy atom. The molecule has 0 spiro atoms. The first-order valence-corrected chi connectivity index (χ1v) is 11.1. The van der Waals surface area contributed by atoms with Crippen LogP contribution in [0, 0.1) is 6.92 Å². The molecular formula is C22H23N7OS. The summed E-state index contributed by atoms with van der Waals surface area (Å²) in [6.45, 7) is 6.46. The standard InChI is InChI=1S/C22H23N7OS/c1-13(2)29-20-16(19(27-29)15-5-4-14(3)24-10-15)6-7-17-21(20)31-22(25-17)26-18(30)11-28-9-8-23-12-28/h4-5,8-10,12-13H,6-7,11H2,1-3H3,(H,25,26,30). The minimum Gasteiger partial charge on any atom is -0.328 e. The van der Waals surface area contributed by atoms with Crippen molar-refractivity contribution in [2.45, 2.75) is 46.2 Å². The zero-order chi connectivity index (χ0) is 21.5. The topological polar surface area (TPSA) is 90.5 Å². The van der Waals surface area contributed by atoms with E-state index in [1.807, 2.05) is 19.2 Å². The Morgan fingerprint density at radius 1 is 1.29 bits per heavy atom. The van der Waals surface area contributed by atoms with Crippen molar-refractivity contribution in [2.75, 3.05) is 5.32 Å². The third-order valence-electron chi connectivity index (χ3n) is 5.34. The first-order valence-electron chi connectivity index (χ1n) is 10.3. The number of carbonyl (C=O) groups is 1. The van der Waals surface area contributed by atoms with E-state index >= 15 is 0 Å². The Kier molecular flexibility index (Phi) is 4.90. The number of anilines is 1. The van der Waals surface area contributed by atoms with E-state index in [1.165, 1.54) is 16.9 Å². The summed E-state index contributed by atoms with van der Waals surface area (Å²) in [5.74, 6) is -0.117. The summed E-state index contributed by atoms with van der Waals surface area (Å²) in [6.07, 6.45) is 8.64. The molecular weight excluding hydrogens is 410 g/mol. The van der Waals surface area contributed by atoms with Crippen LogP contribution in [0.5, 0.6) is 0 Å². The van der Waals surface area contributed by atoms with Crippen molar-refractivity contribution >= 4 is 22.4 Å². The van der Waals surface area contributed by atoms with Crippen LogP contribution in [0.3, 0.4) is 0 Å². The van der Waals surface area contributed by atoms with Crippen molar-refractivity contribution < 1.29 is 4.79 Å². The molecule has 0 fully saturated rings. The first-order chi connectivity index (χ1) is 15.0. The van der Waals surface area contributed by atoms with Gasteiger partial charge in [-0.2, -0.15) is 5.10 Å². The van der Waals surface area contributed by atoms with Crippen LogP contribution >= 0.6 is 11.3 Å². The summed E-state index contributed by atoms with van der Waals surface area (Å²) in [4.78, 5) is 26.7. The van der Waals surface area contributed by atoms with Gasteiger partial charge in [-0.1, -0.05) is 11.3 Å². The van der Waals surface area contributed by atoms with E-state index in [1.54, 1.807) is 23.3 Å². The number of rotatable bonds is 5. The molecule has 0 radical (unpaired) electrons. The van der Waals surface area contributed by atoms with E-state index in [0.29, 0.717) is 5.13 Å². The fourth-order valence-electron chi connectivity index (χ4n) is 3.87. The molecule has 1 aliphatic rings. The highest BCUT2D eigenvalue weighted by atomic mass is 32.1. The molecule has 4 heterocycles. The minimum absolute atomic E-state index is 0.117. The Hall–Kier alpha value is -3.33. The van der Waals surface area contributed by atoms with Crippen LogP contribution in [0.4, 0.5) is 5.13 Å². The van der Waals surface area contributed by atoms with E-state index in [2.05, 4.69) is 39.9 Å². The maximum absolute atomic E-state index is 12.4. The average Bonchev–Trinajstić information content (AvgIpc) is 3.46. The Bertz CT molecular complexity index is 1240. The minimum atomic E-state index is -0.117. The summed E-state index contributed by atoms with van der Waals surface area (Å²) < 4.78 is 3.81. The molecule has 1 N–H and O–H groups in total. The SMILES string of the molecule is Cc1ccc(-c2nn(C(C)C)c3c2CCc2nc(NC(=O)Cn4ccnc4)sc2-3)cn1. The molecule has 9 heteroatoms. The molecule has 4 aromatic heterocycles. The lowest BCUT2D eigenvalue weighted by Crippen LogP contribution is -2.17. The summed E-state index contributed by atoms with van der Waals surface area (Å²) in [5.41, 5.74) is 6.36. The van der Waals surface area contributed by atoms with Gasteiger partial charge in [0.2, 0.25) is 5.91 Å². The number of aromatic nitrogens is 6. The lowest BCUT2D eigenvalue weighted by atomic mass is 9.95. The number of fused-ring (bicyclic) bond motifs is 3. The number of nitrogens with one attached hydrogen (secondary N) is 1. The van der Waals surface area contributed by atoms with Gasteiger partial charge in [-0.05, 0) is 45.7 Å². The summed E-state index contributed by atoms with van der Waals surface area (Å²) >= 11 is 1.52. The van der Waals surface area contributed by atoms with Gasteiger partial charge in [0.05, 0.1) is 28.3 Å². The van der Waals surface area contributed by atoms with Gasteiger partial charge in [0.25, 0.3) is 0 Å². The molecule has 1 amide bonds. The Morgan fingerprint density at radius 2 is 2.16 bits per heavy atom. The molecule has 1 aliphatic carbocycles.